The lowest BCUT2D eigenvalue weighted by Crippen LogP contribution is -2.40. The van der Waals surface area contributed by atoms with E-state index in [0.29, 0.717) is 36.5 Å². The molecule has 1 unspecified atom stereocenters. The highest BCUT2D eigenvalue weighted by Gasteiger charge is 2.17. The topological polar surface area (TPSA) is 80.3 Å². The molecule has 0 spiro atoms. The van der Waals surface area contributed by atoms with Gasteiger partial charge in [0.05, 0.1) is 12.3 Å². The van der Waals surface area contributed by atoms with Crippen LogP contribution in [-0.2, 0) is 30.1 Å². The van der Waals surface area contributed by atoms with Crippen LogP contribution in [0, 0.1) is 0 Å². The first-order chi connectivity index (χ1) is 11.5. The number of rotatable bonds is 5. The lowest BCUT2D eigenvalue weighted by Gasteiger charge is -2.22. The monoisotopic (exact) mass is 334 g/mol. The number of hydrogen-bond donors (Lipinski definition) is 0. The Bertz CT molecular complexity index is 848. The maximum atomic E-state index is 12.7. The van der Waals surface area contributed by atoms with Gasteiger partial charge in [0.2, 0.25) is 0 Å². The summed E-state index contributed by atoms with van der Waals surface area (Å²) in [5, 5.41) is 0. The summed E-state index contributed by atoms with van der Waals surface area (Å²) in [6.45, 7) is 1.52. The van der Waals surface area contributed by atoms with Crippen LogP contribution >= 0.6 is 0 Å². The first-order valence-corrected chi connectivity index (χ1v) is 8.36. The molecule has 24 heavy (non-hydrogen) atoms. The fourth-order valence-electron chi connectivity index (χ4n) is 3.03. The molecule has 1 saturated heterocycles. The van der Waals surface area contributed by atoms with Crippen molar-refractivity contribution in [2.45, 2.75) is 38.5 Å². The van der Waals surface area contributed by atoms with Crippen LogP contribution in [0.15, 0.2) is 9.59 Å². The van der Waals surface area contributed by atoms with Gasteiger partial charge in [-0.05, 0) is 25.7 Å². The van der Waals surface area contributed by atoms with Crippen molar-refractivity contribution in [3.05, 3.63) is 20.8 Å². The average molecular weight is 334 g/mol. The lowest BCUT2D eigenvalue weighted by atomic mass is 10.1. The molecular weight excluding hydrogens is 311 g/mol. The van der Waals surface area contributed by atoms with Gasteiger partial charge in [0.1, 0.15) is 0 Å². The highest BCUT2D eigenvalue weighted by molar-refractivity contribution is 6.30. The van der Waals surface area contributed by atoms with Crippen molar-refractivity contribution in [3.63, 3.8) is 0 Å². The normalized spacial score (nSPS) is 18.3. The van der Waals surface area contributed by atoms with E-state index in [4.69, 9.17) is 9.47 Å². The lowest BCUT2D eigenvalue weighted by molar-refractivity contribution is -0.163. The molecule has 130 valence electrons. The van der Waals surface area contributed by atoms with Gasteiger partial charge in [-0.15, -0.1) is 0 Å². The van der Waals surface area contributed by atoms with Gasteiger partial charge in [-0.2, -0.15) is 0 Å². The first-order valence-electron chi connectivity index (χ1n) is 8.36. The van der Waals surface area contributed by atoms with Crippen molar-refractivity contribution in [2.75, 3.05) is 13.2 Å². The number of nitrogens with zero attached hydrogens (tertiary/aromatic N) is 4. The zero-order chi connectivity index (χ0) is 17.3. The molecule has 1 atom stereocenters. The average Bonchev–Trinajstić information content (AvgIpc) is 2.88. The second kappa shape index (κ2) is 6.94. The van der Waals surface area contributed by atoms with Crippen molar-refractivity contribution in [1.29, 1.82) is 0 Å². The molecule has 3 heterocycles. The third-order valence-corrected chi connectivity index (χ3v) is 4.55. The largest absolute Gasteiger partial charge is 0.353 e. The molecule has 1 aliphatic rings. The van der Waals surface area contributed by atoms with Gasteiger partial charge in [0.25, 0.3) is 5.56 Å². The predicted octanol–water partition coefficient (Wildman–Crippen LogP) is -1.37. The van der Waals surface area contributed by atoms with Gasteiger partial charge in [-0.25, -0.2) is 9.78 Å². The van der Waals surface area contributed by atoms with Crippen LogP contribution in [0.2, 0.25) is 0 Å². The van der Waals surface area contributed by atoms with Crippen molar-refractivity contribution < 1.29 is 9.47 Å². The molecule has 0 radical (unpaired) electrons. The molecule has 3 rings (SSSR count). The van der Waals surface area contributed by atoms with Gasteiger partial charge in [-0.3, -0.25) is 13.9 Å². The van der Waals surface area contributed by atoms with E-state index in [1.54, 1.807) is 18.7 Å². The Balaban J connectivity index is 1.76. The quantitative estimate of drug-likeness (QED) is 0.498. The molecule has 1 aliphatic heterocycles. The second-order valence-electron chi connectivity index (χ2n) is 6.21. The molecule has 0 aromatic carbocycles. The van der Waals surface area contributed by atoms with Gasteiger partial charge in [0.15, 0.2) is 25.3 Å². The summed E-state index contributed by atoms with van der Waals surface area (Å²) in [5.74, 6) is 0. The van der Waals surface area contributed by atoms with Gasteiger partial charge in [0, 0.05) is 27.2 Å². The molecule has 0 saturated carbocycles. The highest BCUT2D eigenvalue weighted by Crippen LogP contribution is 2.13. The zero-order valence-electron chi connectivity index (χ0n) is 14.4. The molecule has 2 aromatic heterocycles. The maximum Gasteiger partial charge on any atom is 0.332 e. The van der Waals surface area contributed by atoms with Crippen LogP contribution in [-0.4, -0.2) is 46.0 Å². The van der Waals surface area contributed by atoms with Crippen molar-refractivity contribution in [1.82, 2.24) is 18.7 Å². The number of imidazole rings is 1. The van der Waals surface area contributed by atoms with E-state index < -0.39 is 0 Å². The minimum absolute atomic E-state index is 0.152. The minimum Gasteiger partial charge on any atom is -0.353 e. The van der Waals surface area contributed by atoms with Crippen LogP contribution in [0.5, 0.6) is 0 Å². The van der Waals surface area contributed by atoms with E-state index in [-0.39, 0.29) is 17.5 Å². The van der Waals surface area contributed by atoms with E-state index in [0.717, 1.165) is 25.9 Å². The fraction of sp³-hybridized carbons (Fsp3) is 0.667. The Hall–Kier alpha value is -1.87. The smallest absolute Gasteiger partial charge is 0.332 e. The molecule has 8 nitrogen and oxygen atoms in total. The van der Waals surface area contributed by atoms with E-state index in [9.17, 15) is 9.59 Å². The standard InChI is InChI=1S/C15H23BN4O4/c1-18-11-12(17-14(18)16)19(2)15(22)20(13(11)21)7-5-9-24-10-6-3-4-8-23-10/h10H,3-9,16H2,1-2H3. The molecule has 0 amide bonds. The summed E-state index contributed by atoms with van der Waals surface area (Å²) < 4.78 is 15.6. The van der Waals surface area contributed by atoms with Crippen LogP contribution < -0.4 is 17.0 Å². The Morgan fingerprint density at radius 2 is 2.08 bits per heavy atom. The number of fused-ring (bicyclic) bond motifs is 1. The summed E-state index contributed by atoms with van der Waals surface area (Å²) in [6, 6.07) is 0. The molecular formula is C15H23BN4O4. The van der Waals surface area contributed by atoms with Crippen LogP contribution in [0.3, 0.4) is 0 Å². The van der Waals surface area contributed by atoms with E-state index in [2.05, 4.69) is 4.98 Å². The molecule has 0 aliphatic carbocycles. The van der Waals surface area contributed by atoms with Gasteiger partial charge in [-0.1, -0.05) is 0 Å². The van der Waals surface area contributed by atoms with Crippen molar-refractivity contribution >= 4 is 24.7 Å². The molecule has 9 heteroatoms. The van der Waals surface area contributed by atoms with Crippen LogP contribution in [0.25, 0.3) is 11.2 Å². The predicted molar refractivity (Wildman–Crippen MR) is 92.6 cm³/mol. The van der Waals surface area contributed by atoms with Crippen LogP contribution in [0.1, 0.15) is 25.7 Å². The van der Waals surface area contributed by atoms with Gasteiger partial charge >= 0.3 is 5.69 Å². The number of hydrogen-bond acceptors (Lipinski definition) is 5. The maximum absolute atomic E-state index is 12.7. The molecule has 0 N–H and O–H groups in total. The van der Waals surface area contributed by atoms with Gasteiger partial charge < -0.3 is 14.0 Å². The van der Waals surface area contributed by atoms with E-state index in [1.165, 1.54) is 9.13 Å². The van der Waals surface area contributed by atoms with Crippen LogP contribution in [0.4, 0.5) is 0 Å². The Morgan fingerprint density at radius 3 is 2.79 bits per heavy atom. The summed E-state index contributed by atoms with van der Waals surface area (Å²) in [6.07, 6.45) is 3.52. The number of aryl methyl sites for hydroxylation is 2. The Kier molecular flexibility index (Phi) is 4.91. The van der Waals surface area contributed by atoms with E-state index in [1.807, 2.05) is 7.85 Å². The fourth-order valence-corrected chi connectivity index (χ4v) is 3.03. The number of aromatic nitrogens is 4. The summed E-state index contributed by atoms with van der Waals surface area (Å²) >= 11 is 0. The summed E-state index contributed by atoms with van der Waals surface area (Å²) in [7, 11) is 5.23. The van der Waals surface area contributed by atoms with E-state index >= 15 is 0 Å². The Morgan fingerprint density at radius 1 is 1.29 bits per heavy atom. The summed E-state index contributed by atoms with van der Waals surface area (Å²) in [4.78, 5) is 29.4. The molecule has 0 bridgehead atoms. The Labute approximate surface area is 140 Å². The summed E-state index contributed by atoms with van der Waals surface area (Å²) in [5.41, 5.74) is 0.927. The van der Waals surface area contributed by atoms with Crippen molar-refractivity contribution in [2.24, 2.45) is 14.1 Å². The third-order valence-electron chi connectivity index (χ3n) is 4.55. The molecule has 1 fully saturated rings. The second-order valence-corrected chi connectivity index (χ2v) is 6.21. The van der Waals surface area contributed by atoms with Crippen molar-refractivity contribution in [3.8, 4) is 0 Å². The zero-order valence-corrected chi connectivity index (χ0v) is 14.4. The minimum atomic E-state index is -0.348. The number of ether oxygens (including phenoxy) is 2. The molecule has 2 aromatic rings. The highest BCUT2D eigenvalue weighted by atomic mass is 16.7. The SMILES string of the molecule is Bc1nc2c(c(=O)n(CCCOC3CCCCO3)c(=O)n2C)n1C. The third kappa shape index (κ3) is 3.05. The first kappa shape index (κ1) is 17.0.